The summed E-state index contributed by atoms with van der Waals surface area (Å²) < 4.78 is 0. The van der Waals surface area contributed by atoms with Crippen LogP contribution in [-0.2, 0) is 0 Å². The van der Waals surface area contributed by atoms with Gasteiger partial charge >= 0.3 is 0 Å². The van der Waals surface area contributed by atoms with Crippen LogP contribution in [0.2, 0.25) is 5.15 Å². The smallest absolute Gasteiger partial charge is 0.189 e. The first-order valence-electron chi connectivity index (χ1n) is 4.83. The summed E-state index contributed by atoms with van der Waals surface area (Å²) in [6, 6.07) is 1.83. The Morgan fingerprint density at radius 1 is 1.40 bits per heavy atom. The maximum Gasteiger partial charge on any atom is 0.189 e. The second kappa shape index (κ2) is 6.61. The minimum absolute atomic E-state index is 0.529. The monoisotopic (exact) mass is 262 g/mol. The molecular formula is C10H15ClN2S2. The molecule has 0 aliphatic carbocycles. The predicted molar refractivity (Wildman–Crippen MR) is 69.0 cm³/mol. The molecule has 0 unspecified atom stereocenters. The SMILES string of the molecule is CSc1nc(Cl)cc(SCCC(C)C)n1. The van der Waals surface area contributed by atoms with E-state index in [-0.39, 0.29) is 0 Å². The van der Waals surface area contributed by atoms with E-state index in [1.54, 1.807) is 11.8 Å². The second-order valence-corrected chi connectivity index (χ2v) is 5.82. The van der Waals surface area contributed by atoms with Gasteiger partial charge in [-0.25, -0.2) is 9.97 Å². The third-order valence-corrected chi connectivity index (χ3v) is 3.46. The summed E-state index contributed by atoms with van der Waals surface area (Å²) >= 11 is 9.15. The number of halogens is 1. The summed E-state index contributed by atoms with van der Waals surface area (Å²) in [5, 5.41) is 2.25. The first-order chi connectivity index (χ1) is 7.11. The second-order valence-electron chi connectivity index (χ2n) is 3.55. The van der Waals surface area contributed by atoms with E-state index in [0.29, 0.717) is 5.15 Å². The highest BCUT2D eigenvalue weighted by Gasteiger charge is 2.03. The van der Waals surface area contributed by atoms with Crippen molar-refractivity contribution >= 4 is 35.1 Å². The molecule has 0 amide bonds. The Morgan fingerprint density at radius 3 is 2.73 bits per heavy atom. The molecule has 0 spiro atoms. The topological polar surface area (TPSA) is 25.8 Å². The predicted octanol–water partition coefficient (Wildman–Crippen LogP) is 3.99. The third-order valence-electron chi connectivity index (χ3n) is 1.78. The van der Waals surface area contributed by atoms with Crippen molar-refractivity contribution in [1.29, 1.82) is 0 Å². The van der Waals surface area contributed by atoms with Crippen molar-refractivity contribution in [2.24, 2.45) is 5.92 Å². The summed E-state index contributed by atoms with van der Waals surface area (Å²) in [7, 11) is 0. The van der Waals surface area contributed by atoms with Crippen LogP contribution in [0.25, 0.3) is 0 Å². The Morgan fingerprint density at radius 2 is 2.13 bits per heavy atom. The number of thioether (sulfide) groups is 2. The van der Waals surface area contributed by atoms with Crippen LogP contribution in [0.15, 0.2) is 16.2 Å². The highest BCUT2D eigenvalue weighted by Crippen LogP contribution is 2.23. The van der Waals surface area contributed by atoms with Gasteiger partial charge in [0.05, 0.1) is 0 Å². The van der Waals surface area contributed by atoms with Crippen molar-refractivity contribution in [3.8, 4) is 0 Å². The minimum atomic E-state index is 0.529. The molecule has 0 N–H and O–H groups in total. The average molecular weight is 263 g/mol. The molecule has 1 heterocycles. The zero-order valence-corrected chi connectivity index (χ0v) is 11.5. The largest absolute Gasteiger partial charge is 0.216 e. The van der Waals surface area contributed by atoms with E-state index in [0.717, 1.165) is 21.9 Å². The average Bonchev–Trinajstić information content (AvgIpc) is 2.16. The van der Waals surface area contributed by atoms with Gasteiger partial charge in [-0.2, -0.15) is 0 Å². The van der Waals surface area contributed by atoms with Gasteiger partial charge in [-0.1, -0.05) is 37.2 Å². The van der Waals surface area contributed by atoms with Crippen molar-refractivity contribution in [3.63, 3.8) is 0 Å². The Hall–Kier alpha value is 0.0700. The fraction of sp³-hybridized carbons (Fsp3) is 0.600. The van der Waals surface area contributed by atoms with E-state index in [2.05, 4.69) is 23.8 Å². The lowest BCUT2D eigenvalue weighted by Gasteiger charge is -2.05. The molecule has 0 aliphatic rings. The fourth-order valence-electron chi connectivity index (χ4n) is 0.942. The van der Waals surface area contributed by atoms with Gasteiger partial charge in [0, 0.05) is 6.07 Å². The summed E-state index contributed by atoms with van der Waals surface area (Å²) in [6.45, 7) is 4.45. The van der Waals surface area contributed by atoms with E-state index in [1.165, 1.54) is 18.2 Å². The molecule has 15 heavy (non-hydrogen) atoms. The van der Waals surface area contributed by atoms with Crippen LogP contribution in [0, 0.1) is 5.92 Å². The lowest BCUT2D eigenvalue weighted by Crippen LogP contribution is -1.92. The minimum Gasteiger partial charge on any atom is -0.216 e. The van der Waals surface area contributed by atoms with Crippen LogP contribution in [0.1, 0.15) is 20.3 Å². The van der Waals surface area contributed by atoms with Crippen LogP contribution in [-0.4, -0.2) is 22.0 Å². The first-order valence-corrected chi connectivity index (χ1v) is 7.42. The molecule has 0 aromatic carbocycles. The highest BCUT2D eigenvalue weighted by molar-refractivity contribution is 7.99. The van der Waals surface area contributed by atoms with Crippen molar-refractivity contribution in [2.75, 3.05) is 12.0 Å². The molecule has 0 radical (unpaired) electrons. The van der Waals surface area contributed by atoms with Crippen LogP contribution in [0.5, 0.6) is 0 Å². The Kier molecular flexibility index (Phi) is 5.79. The number of hydrogen-bond donors (Lipinski definition) is 0. The highest BCUT2D eigenvalue weighted by atomic mass is 35.5. The molecular weight excluding hydrogens is 248 g/mol. The Labute approximate surface area is 105 Å². The quantitative estimate of drug-likeness (QED) is 0.455. The van der Waals surface area contributed by atoms with E-state index >= 15 is 0 Å². The van der Waals surface area contributed by atoms with Crippen LogP contribution in [0.3, 0.4) is 0 Å². The van der Waals surface area contributed by atoms with E-state index in [9.17, 15) is 0 Å². The number of nitrogens with zero attached hydrogens (tertiary/aromatic N) is 2. The molecule has 1 aromatic rings. The first kappa shape index (κ1) is 13.1. The van der Waals surface area contributed by atoms with Gasteiger partial charge in [-0.3, -0.25) is 0 Å². The molecule has 1 aromatic heterocycles. The van der Waals surface area contributed by atoms with E-state index < -0.39 is 0 Å². The lowest BCUT2D eigenvalue weighted by atomic mass is 10.2. The van der Waals surface area contributed by atoms with Crippen molar-refractivity contribution in [1.82, 2.24) is 9.97 Å². The van der Waals surface area contributed by atoms with Gasteiger partial charge in [-0.15, -0.1) is 11.8 Å². The number of aromatic nitrogens is 2. The zero-order valence-electron chi connectivity index (χ0n) is 9.16. The van der Waals surface area contributed by atoms with Gasteiger partial charge < -0.3 is 0 Å². The summed E-state index contributed by atoms with van der Waals surface area (Å²) in [5.74, 6) is 1.81. The molecule has 84 valence electrons. The number of hydrogen-bond acceptors (Lipinski definition) is 4. The molecule has 5 heteroatoms. The molecule has 0 bridgehead atoms. The van der Waals surface area contributed by atoms with Crippen LogP contribution in [0.4, 0.5) is 0 Å². The normalized spacial score (nSPS) is 11.0. The van der Waals surface area contributed by atoms with Crippen molar-refractivity contribution < 1.29 is 0 Å². The molecule has 0 fully saturated rings. The van der Waals surface area contributed by atoms with Crippen molar-refractivity contribution in [3.05, 3.63) is 11.2 Å². The molecule has 0 saturated heterocycles. The maximum absolute atomic E-state index is 5.89. The fourth-order valence-corrected chi connectivity index (χ4v) is 2.82. The third kappa shape index (κ3) is 5.09. The van der Waals surface area contributed by atoms with Gasteiger partial charge in [-0.05, 0) is 24.3 Å². The number of rotatable bonds is 5. The standard InChI is InChI=1S/C10H15ClN2S2/c1-7(2)4-5-15-9-6-8(11)12-10(13-9)14-3/h6-7H,4-5H2,1-3H3. The van der Waals surface area contributed by atoms with Crippen LogP contribution < -0.4 is 0 Å². The molecule has 0 saturated carbocycles. The summed E-state index contributed by atoms with van der Waals surface area (Å²) in [5.41, 5.74) is 0. The van der Waals surface area contributed by atoms with Gasteiger partial charge in [0.15, 0.2) is 5.16 Å². The molecule has 1 rings (SSSR count). The van der Waals surface area contributed by atoms with E-state index in [1.807, 2.05) is 12.3 Å². The molecule has 2 nitrogen and oxygen atoms in total. The zero-order chi connectivity index (χ0) is 11.3. The molecule has 0 atom stereocenters. The Bertz CT molecular complexity index is 318. The maximum atomic E-state index is 5.89. The van der Waals surface area contributed by atoms with E-state index in [4.69, 9.17) is 11.6 Å². The molecule has 0 aliphatic heterocycles. The van der Waals surface area contributed by atoms with Gasteiger partial charge in [0.25, 0.3) is 0 Å². The summed E-state index contributed by atoms with van der Waals surface area (Å²) in [6.07, 6.45) is 3.15. The van der Waals surface area contributed by atoms with Crippen LogP contribution >= 0.6 is 35.1 Å². The van der Waals surface area contributed by atoms with Gasteiger partial charge in [0.1, 0.15) is 10.2 Å². The lowest BCUT2D eigenvalue weighted by molar-refractivity contribution is 0.631. The van der Waals surface area contributed by atoms with Crippen molar-refractivity contribution in [2.45, 2.75) is 30.5 Å². The van der Waals surface area contributed by atoms with Gasteiger partial charge in [0.2, 0.25) is 0 Å². The Balaban J connectivity index is 2.56. The summed E-state index contributed by atoms with van der Waals surface area (Å²) in [4.78, 5) is 8.48.